The Bertz CT molecular complexity index is 1030. The molecule has 4 nitrogen and oxygen atoms in total. The number of H-pyrrole nitrogens is 1. The zero-order valence-corrected chi connectivity index (χ0v) is 14.8. The number of nitrogens with one attached hydrogen (secondary N) is 1. The molecule has 1 N–H and O–H groups in total. The standard InChI is InChI=1S/C21H16ClNO3/c1-12-11-16-18(21(25)23-12)17(13-7-9-15(22)10-8-13)20(26-16)19(24)14-5-3-2-4-6-14/h2-11,17,20H,1H3,(H,23,25). The van der Waals surface area contributed by atoms with Gasteiger partial charge in [0.05, 0.1) is 11.5 Å². The van der Waals surface area contributed by atoms with Crippen molar-refractivity contribution in [2.75, 3.05) is 0 Å². The van der Waals surface area contributed by atoms with Crippen molar-refractivity contribution in [1.82, 2.24) is 4.98 Å². The summed E-state index contributed by atoms with van der Waals surface area (Å²) in [5.74, 6) is -0.182. The number of ether oxygens (including phenoxy) is 1. The van der Waals surface area contributed by atoms with Crippen LogP contribution in [0.5, 0.6) is 5.75 Å². The molecule has 3 aromatic rings. The number of aromatic amines is 1. The minimum absolute atomic E-state index is 0.154. The molecule has 0 fully saturated rings. The summed E-state index contributed by atoms with van der Waals surface area (Å²) in [5.41, 5.74) is 2.31. The van der Waals surface area contributed by atoms with Crippen LogP contribution in [0.15, 0.2) is 65.5 Å². The van der Waals surface area contributed by atoms with Gasteiger partial charge in [-0.2, -0.15) is 0 Å². The summed E-state index contributed by atoms with van der Waals surface area (Å²) in [4.78, 5) is 28.5. The number of halogens is 1. The molecule has 2 unspecified atom stereocenters. The van der Waals surface area contributed by atoms with Gasteiger partial charge >= 0.3 is 0 Å². The Labute approximate surface area is 155 Å². The molecule has 1 aromatic heterocycles. The highest BCUT2D eigenvalue weighted by molar-refractivity contribution is 6.30. The minimum atomic E-state index is -0.795. The van der Waals surface area contributed by atoms with Crippen LogP contribution in [0.4, 0.5) is 0 Å². The second-order valence-electron chi connectivity index (χ2n) is 6.36. The third-order valence-electron chi connectivity index (χ3n) is 4.58. The molecule has 1 aliphatic rings. The number of hydrogen-bond acceptors (Lipinski definition) is 3. The van der Waals surface area contributed by atoms with Gasteiger partial charge in [-0.05, 0) is 30.7 Å². The monoisotopic (exact) mass is 365 g/mol. The van der Waals surface area contributed by atoms with Gasteiger partial charge in [0.25, 0.3) is 5.56 Å². The quantitative estimate of drug-likeness (QED) is 0.710. The number of carbonyl (C=O) groups excluding carboxylic acids is 1. The van der Waals surface area contributed by atoms with E-state index in [-0.39, 0.29) is 11.3 Å². The van der Waals surface area contributed by atoms with E-state index in [2.05, 4.69) is 4.98 Å². The second-order valence-corrected chi connectivity index (χ2v) is 6.79. The number of Topliss-reactive ketones (excluding diaryl/α,β-unsaturated/α-hetero) is 1. The third kappa shape index (κ3) is 2.82. The van der Waals surface area contributed by atoms with Crippen LogP contribution in [0.1, 0.15) is 33.1 Å². The molecule has 130 valence electrons. The minimum Gasteiger partial charge on any atom is -0.481 e. The summed E-state index contributed by atoms with van der Waals surface area (Å²) in [5, 5.41) is 0.594. The molecule has 2 atom stereocenters. The highest BCUT2D eigenvalue weighted by Crippen LogP contribution is 2.41. The maximum atomic E-state index is 13.1. The van der Waals surface area contributed by atoms with Crippen LogP contribution in [0.3, 0.4) is 0 Å². The Balaban J connectivity index is 1.86. The second kappa shape index (κ2) is 6.46. The van der Waals surface area contributed by atoms with Gasteiger partial charge < -0.3 is 9.72 Å². The van der Waals surface area contributed by atoms with E-state index in [0.717, 1.165) is 5.56 Å². The van der Waals surface area contributed by atoms with Crippen molar-refractivity contribution >= 4 is 17.4 Å². The lowest BCUT2D eigenvalue weighted by Gasteiger charge is -2.18. The lowest BCUT2D eigenvalue weighted by atomic mass is 9.85. The average molecular weight is 366 g/mol. The molecule has 5 heteroatoms. The Morgan fingerprint density at radius 2 is 1.77 bits per heavy atom. The highest BCUT2D eigenvalue weighted by atomic mass is 35.5. The smallest absolute Gasteiger partial charge is 0.255 e. The third-order valence-corrected chi connectivity index (χ3v) is 4.83. The van der Waals surface area contributed by atoms with Gasteiger partial charge in [0.1, 0.15) is 5.75 Å². The largest absolute Gasteiger partial charge is 0.481 e. The topological polar surface area (TPSA) is 59.2 Å². The van der Waals surface area contributed by atoms with Crippen LogP contribution < -0.4 is 10.3 Å². The van der Waals surface area contributed by atoms with Crippen LogP contribution in [-0.2, 0) is 0 Å². The van der Waals surface area contributed by atoms with Crippen molar-refractivity contribution in [2.24, 2.45) is 0 Å². The Morgan fingerprint density at radius 3 is 2.46 bits per heavy atom. The predicted octanol–water partition coefficient (Wildman–Crippen LogP) is 4.11. The summed E-state index contributed by atoms with van der Waals surface area (Å²) < 4.78 is 5.98. The van der Waals surface area contributed by atoms with E-state index in [1.807, 2.05) is 30.3 Å². The molecule has 0 radical (unpaired) electrons. The van der Waals surface area contributed by atoms with Crippen molar-refractivity contribution in [3.05, 3.63) is 98.4 Å². The van der Waals surface area contributed by atoms with Gasteiger partial charge in [0.15, 0.2) is 6.10 Å². The fraction of sp³-hybridized carbons (Fsp3) is 0.143. The molecule has 0 bridgehead atoms. The van der Waals surface area contributed by atoms with Gasteiger partial charge in [-0.15, -0.1) is 0 Å². The molecule has 0 saturated carbocycles. The molecule has 0 spiro atoms. The van der Waals surface area contributed by atoms with Crippen molar-refractivity contribution in [2.45, 2.75) is 18.9 Å². The summed E-state index contributed by atoms with van der Waals surface area (Å²) in [6.45, 7) is 1.79. The SMILES string of the molecule is Cc1cc2c(c(=O)[nH]1)C(c1ccc(Cl)cc1)C(C(=O)c1ccccc1)O2. The van der Waals surface area contributed by atoms with Crippen LogP contribution in [0, 0.1) is 6.92 Å². The van der Waals surface area contributed by atoms with E-state index in [4.69, 9.17) is 16.3 Å². The first kappa shape index (κ1) is 16.6. The van der Waals surface area contributed by atoms with Crippen molar-refractivity contribution < 1.29 is 9.53 Å². The van der Waals surface area contributed by atoms with E-state index >= 15 is 0 Å². The van der Waals surface area contributed by atoms with E-state index < -0.39 is 12.0 Å². The fourth-order valence-electron chi connectivity index (χ4n) is 3.40. The van der Waals surface area contributed by atoms with E-state index in [9.17, 15) is 9.59 Å². The highest BCUT2D eigenvalue weighted by Gasteiger charge is 2.42. The maximum Gasteiger partial charge on any atom is 0.255 e. The summed E-state index contributed by atoms with van der Waals surface area (Å²) in [6.07, 6.45) is -0.795. The number of hydrogen-bond donors (Lipinski definition) is 1. The molecular formula is C21H16ClNO3. The number of aromatic nitrogens is 1. The summed E-state index contributed by atoms with van der Waals surface area (Å²) in [7, 11) is 0. The van der Waals surface area contributed by atoms with E-state index in [0.29, 0.717) is 27.6 Å². The zero-order chi connectivity index (χ0) is 18.3. The van der Waals surface area contributed by atoms with Crippen molar-refractivity contribution in [3.63, 3.8) is 0 Å². The molecule has 0 saturated heterocycles. The number of fused-ring (bicyclic) bond motifs is 1. The summed E-state index contributed by atoms with van der Waals surface area (Å²) >= 11 is 6.00. The molecule has 2 aromatic carbocycles. The van der Waals surface area contributed by atoms with Crippen LogP contribution in [0.2, 0.25) is 5.02 Å². The lowest BCUT2D eigenvalue weighted by molar-refractivity contribution is 0.0806. The van der Waals surface area contributed by atoms with Gasteiger partial charge in [-0.25, -0.2) is 0 Å². The maximum absolute atomic E-state index is 13.1. The predicted molar refractivity (Wildman–Crippen MR) is 100 cm³/mol. The van der Waals surface area contributed by atoms with Gasteiger partial charge in [-0.3, -0.25) is 9.59 Å². The number of pyridine rings is 1. The lowest BCUT2D eigenvalue weighted by Crippen LogP contribution is -2.31. The summed E-state index contributed by atoms with van der Waals surface area (Å²) in [6, 6.07) is 17.9. The van der Waals surface area contributed by atoms with Gasteiger partial charge in [0.2, 0.25) is 5.78 Å². The number of benzene rings is 2. The Morgan fingerprint density at radius 1 is 1.08 bits per heavy atom. The van der Waals surface area contributed by atoms with Gasteiger partial charge in [-0.1, -0.05) is 54.1 Å². The molecule has 0 amide bonds. The number of aryl methyl sites for hydroxylation is 1. The van der Waals surface area contributed by atoms with E-state index in [1.54, 1.807) is 37.3 Å². The van der Waals surface area contributed by atoms with Crippen LogP contribution >= 0.6 is 11.6 Å². The molecule has 0 aliphatic carbocycles. The normalized spacial score (nSPS) is 18.2. The first-order valence-electron chi connectivity index (χ1n) is 8.30. The molecule has 26 heavy (non-hydrogen) atoms. The Kier molecular flexibility index (Phi) is 4.13. The number of carbonyl (C=O) groups is 1. The van der Waals surface area contributed by atoms with Gasteiger partial charge in [0, 0.05) is 16.3 Å². The average Bonchev–Trinajstić information content (AvgIpc) is 3.02. The first-order chi connectivity index (χ1) is 12.5. The fourth-order valence-corrected chi connectivity index (χ4v) is 3.53. The molecule has 4 rings (SSSR count). The molecule has 1 aliphatic heterocycles. The van der Waals surface area contributed by atoms with Crippen LogP contribution in [-0.4, -0.2) is 16.9 Å². The number of ketones is 1. The molecule has 2 heterocycles. The van der Waals surface area contributed by atoms with Crippen molar-refractivity contribution in [3.8, 4) is 5.75 Å². The zero-order valence-electron chi connectivity index (χ0n) is 14.0. The Hall–Kier alpha value is -2.85. The van der Waals surface area contributed by atoms with E-state index in [1.165, 1.54) is 0 Å². The number of rotatable bonds is 3. The van der Waals surface area contributed by atoms with Crippen molar-refractivity contribution in [1.29, 1.82) is 0 Å². The molecular weight excluding hydrogens is 350 g/mol. The van der Waals surface area contributed by atoms with Crippen LogP contribution in [0.25, 0.3) is 0 Å². The first-order valence-corrected chi connectivity index (χ1v) is 8.67.